The summed E-state index contributed by atoms with van der Waals surface area (Å²) in [6.45, 7) is 2.34. The molecule has 4 heteroatoms. The molecule has 0 radical (unpaired) electrons. The molecule has 3 rings (SSSR count). The maximum Gasteiger partial charge on any atom is 0.135 e. The predicted molar refractivity (Wildman–Crippen MR) is 77.7 cm³/mol. The molecule has 0 aliphatic carbocycles. The maximum atomic E-state index is 4.40. The summed E-state index contributed by atoms with van der Waals surface area (Å²) in [5.74, 6) is 0.833. The summed E-state index contributed by atoms with van der Waals surface area (Å²) < 4.78 is 2.88. The molecular formula is C14H18BrN3. The van der Waals surface area contributed by atoms with Crippen LogP contribution in [0.5, 0.6) is 0 Å². The fourth-order valence-electron chi connectivity index (χ4n) is 2.82. The molecule has 1 fully saturated rings. The maximum absolute atomic E-state index is 4.40. The zero-order valence-corrected chi connectivity index (χ0v) is 12.2. The molecule has 96 valence electrons. The molecule has 1 aliphatic heterocycles. The van der Waals surface area contributed by atoms with Gasteiger partial charge in [-0.05, 0) is 71.9 Å². The summed E-state index contributed by atoms with van der Waals surface area (Å²) in [5, 5.41) is 9.05. The first-order valence-corrected chi connectivity index (χ1v) is 7.35. The highest BCUT2D eigenvalue weighted by Gasteiger charge is 2.14. The second-order valence-electron chi connectivity index (χ2n) is 5.16. The molecule has 2 aromatic rings. The van der Waals surface area contributed by atoms with Crippen LogP contribution in [0.1, 0.15) is 18.4 Å². The fourth-order valence-corrected chi connectivity index (χ4v) is 3.37. The van der Waals surface area contributed by atoms with E-state index in [4.69, 9.17) is 0 Å². The number of aromatic nitrogens is 2. The highest BCUT2D eigenvalue weighted by molar-refractivity contribution is 9.10. The molecule has 0 saturated carbocycles. The number of piperidine rings is 1. The number of fused-ring (bicyclic) bond motifs is 1. The van der Waals surface area contributed by atoms with E-state index in [1.807, 2.05) is 11.7 Å². The largest absolute Gasteiger partial charge is 0.317 e. The smallest absolute Gasteiger partial charge is 0.135 e. The second-order valence-corrected chi connectivity index (χ2v) is 5.91. The van der Waals surface area contributed by atoms with Gasteiger partial charge >= 0.3 is 0 Å². The molecule has 0 amide bonds. The third kappa shape index (κ3) is 2.31. The fraction of sp³-hybridized carbons (Fsp3) is 0.500. The molecule has 1 aliphatic rings. The van der Waals surface area contributed by atoms with Crippen LogP contribution in [-0.4, -0.2) is 22.9 Å². The van der Waals surface area contributed by atoms with Crippen molar-refractivity contribution in [1.82, 2.24) is 15.1 Å². The minimum absolute atomic E-state index is 0.833. The Bertz CT molecular complexity index is 555. The van der Waals surface area contributed by atoms with Gasteiger partial charge in [-0.25, -0.2) is 0 Å². The Morgan fingerprint density at radius 3 is 2.94 bits per heavy atom. The van der Waals surface area contributed by atoms with Gasteiger partial charge < -0.3 is 5.32 Å². The summed E-state index contributed by atoms with van der Waals surface area (Å²) in [4.78, 5) is 0. The van der Waals surface area contributed by atoms with E-state index in [0.717, 1.165) is 10.5 Å². The Morgan fingerprint density at radius 2 is 2.17 bits per heavy atom. The first kappa shape index (κ1) is 12.2. The second kappa shape index (κ2) is 5.02. The SMILES string of the molecule is Cn1nc(Br)c2cc(CC3CCNCC3)ccc21. The molecule has 0 bridgehead atoms. The zero-order valence-electron chi connectivity index (χ0n) is 10.6. The van der Waals surface area contributed by atoms with Gasteiger partial charge in [0.2, 0.25) is 0 Å². The summed E-state index contributed by atoms with van der Waals surface area (Å²) in [6.07, 6.45) is 3.79. The van der Waals surface area contributed by atoms with Crippen LogP contribution in [0.25, 0.3) is 10.9 Å². The Balaban J connectivity index is 1.86. The van der Waals surface area contributed by atoms with Crippen LogP contribution in [-0.2, 0) is 13.5 Å². The lowest BCUT2D eigenvalue weighted by Gasteiger charge is -2.22. The standard InChI is InChI=1S/C14H18BrN3/c1-18-13-3-2-11(9-12(13)14(15)17-18)8-10-4-6-16-7-5-10/h2-3,9-10,16H,4-8H2,1H3. The molecule has 0 atom stereocenters. The monoisotopic (exact) mass is 307 g/mol. The number of nitrogens with one attached hydrogen (secondary N) is 1. The average Bonchev–Trinajstić information content (AvgIpc) is 2.66. The number of benzene rings is 1. The number of halogens is 1. The summed E-state index contributed by atoms with van der Waals surface area (Å²) in [7, 11) is 1.99. The van der Waals surface area contributed by atoms with Crippen LogP contribution < -0.4 is 5.32 Å². The number of nitrogens with zero attached hydrogens (tertiary/aromatic N) is 2. The van der Waals surface area contributed by atoms with Gasteiger partial charge in [-0.2, -0.15) is 5.10 Å². The van der Waals surface area contributed by atoms with Crippen LogP contribution >= 0.6 is 15.9 Å². The van der Waals surface area contributed by atoms with E-state index in [1.165, 1.54) is 48.8 Å². The van der Waals surface area contributed by atoms with E-state index < -0.39 is 0 Å². The van der Waals surface area contributed by atoms with Crippen LogP contribution in [0.4, 0.5) is 0 Å². The molecule has 1 aromatic carbocycles. The van der Waals surface area contributed by atoms with Gasteiger partial charge in [-0.15, -0.1) is 0 Å². The van der Waals surface area contributed by atoms with Crippen LogP contribution in [0.3, 0.4) is 0 Å². The van der Waals surface area contributed by atoms with E-state index in [9.17, 15) is 0 Å². The number of hydrogen-bond acceptors (Lipinski definition) is 2. The molecule has 2 heterocycles. The summed E-state index contributed by atoms with van der Waals surface area (Å²) in [5.41, 5.74) is 2.62. The van der Waals surface area contributed by atoms with Gasteiger partial charge in [0, 0.05) is 12.4 Å². The first-order valence-electron chi connectivity index (χ1n) is 6.56. The Morgan fingerprint density at radius 1 is 1.39 bits per heavy atom. The number of rotatable bonds is 2. The molecular weight excluding hydrogens is 290 g/mol. The van der Waals surface area contributed by atoms with Crippen molar-refractivity contribution in [2.75, 3.05) is 13.1 Å². The van der Waals surface area contributed by atoms with Crippen molar-refractivity contribution in [2.24, 2.45) is 13.0 Å². The quantitative estimate of drug-likeness (QED) is 0.924. The molecule has 3 nitrogen and oxygen atoms in total. The van der Waals surface area contributed by atoms with E-state index in [-0.39, 0.29) is 0 Å². The lowest BCUT2D eigenvalue weighted by atomic mass is 9.91. The number of aryl methyl sites for hydroxylation is 1. The lowest BCUT2D eigenvalue weighted by Crippen LogP contribution is -2.28. The van der Waals surface area contributed by atoms with E-state index >= 15 is 0 Å². The van der Waals surface area contributed by atoms with E-state index in [1.54, 1.807) is 0 Å². The minimum atomic E-state index is 0.833. The van der Waals surface area contributed by atoms with Gasteiger partial charge in [0.15, 0.2) is 0 Å². The Kier molecular flexibility index (Phi) is 3.39. The lowest BCUT2D eigenvalue weighted by molar-refractivity contribution is 0.373. The van der Waals surface area contributed by atoms with Crippen LogP contribution in [0, 0.1) is 5.92 Å². The van der Waals surface area contributed by atoms with Gasteiger partial charge in [0.1, 0.15) is 4.60 Å². The van der Waals surface area contributed by atoms with Crippen molar-refractivity contribution in [3.05, 3.63) is 28.4 Å². The highest BCUT2D eigenvalue weighted by Crippen LogP contribution is 2.26. The predicted octanol–water partition coefficient (Wildman–Crippen LogP) is 2.88. The van der Waals surface area contributed by atoms with Crippen molar-refractivity contribution in [3.63, 3.8) is 0 Å². The third-order valence-corrected chi connectivity index (χ3v) is 4.44. The van der Waals surface area contributed by atoms with Gasteiger partial charge in [-0.1, -0.05) is 6.07 Å². The van der Waals surface area contributed by atoms with Gasteiger partial charge in [0.25, 0.3) is 0 Å². The third-order valence-electron chi connectivity index (χ3n) is 3.85. The molecule has 0 spiro atoms. The molecule has 1 N–H and O–H groups in total. The molecule has 0 unspecified atom stereocenters. The Labute approximate surface area is 116 Å². The van der Waals surface area contributed by atoms with Crippen molar-refractivity contribution in [2.45, 2.75) is 19.3 Å². The van der Waals surface area contributed by atoms with Crippen molar-refractivity contribution < 1.29 is 0 Å². The number of hydrogen-bond donors (Lipinski definition) is 1. The summed E-state index contributed by atoms with van der Waals surface area (Å²) in [6, 6.07) is 6.72. The molecule has 1 aromatic heterocycles. The van der Waals surface area contributed by atoms with Crippen molar-refractivity contribution in [1.29, 1.82) is 0 Å². The Hall–Kier alpha value is -0.870. The normalized spacial score (nSPS) is 17.4. The van der Waals surface area contributed by atoms with Gasteiger partial charge in [0.05, 0.1) is 5.52 Å². The van der Waals surface area contributed by atoms with E-state index in [2.05, 4.69) is 44.5 Å². The topological polar surface area (TPSA) is 29.9 Å². The first-order chi connectivity index (χ1) is 8.74. The van der Waals surface area contributed by atoms with E-state index in [0.29, 0.717) is 0 Å². The molecule has 1 saturated heterocycles. The summed E-state index contributed by atoms with van der Waals surface area (Å²) >= 11 is 3.54. The highest BCUT2D eigenvalue weighted by atomic mass is 79.9. The van der Waals surface area contributed by atoms with Crippen molar-refractivity contribution >= 4 is 26.8 Å². The van der Waals surface area contributed by atoms with Crippen LogP contribution in [0.15, 0.2) is 22.8 Å². The minimum Gasteiger partial charge on any atom is -0.317 e. The van der Waals surface area contributed by atoms with Gasteiger partial charge in [-0.3, -0.25) is 4.68 Å². The molecule has 18 heavy (non-hydrogen) atoms. The zero-order chi connectivity index (χ0) is 12.5. The average molecular weight is 308 g/mol. The van der Waals surface area contributed by atoms with Crippen LogP contribution in [0.2, 0.25) is 0 Å². The van der Waals surface area contributed by atoms with Crippen molar-refractivity contribution in [3.8, 4) is 0 Å².